The summed E-state index contributed by atoms with van der Waals surface area (Å²) in [6.07, 6.45) is 4.05. The van der Waals surface area contributed by atoms with E-state index < -0.39 is 6.61 Å². The monoisotopic (exact) mass is 299 g/mol. The van der Waals surface area contributed by atoms with Crippen LogP contribution in [0.5, 0.6) is 5.75 Å². The molecule has 0 radical (unpaired) electrons. The molecule has 21 heavy (non-hydrogen) atoms. The molecule has 1 aliphatic carbocycles. The maximum Gasteiger partial charge on any atom is 0.387 e. The maximum absolute atomic E-state index is 12.5. The number of benzene rings is 1. The van der Waals surface area contributed by atoms with Crippen LogP contribution in [-0.4, -0.2) is 41.7 Å². The number of halogens is 2. The van der Waals surface area contributed by atoms with Crippen LogP contribution in [0.1, 0.15) is 36.0 Å². The average molecular weight is 299 g/mol. The summed E-state index contributed by atoms with van der Waals surface area (Å²) in [4.78, 5) is 14.2. The highest BCUT2D eigenvalue weighted by Gasteiger charge is 2.26. The second kappa shape index (κ2) is 7.36. The van der Waals surface area contributed by atoms with Crippen LogP contribution in [0.3, 0.4) is 0 Å². The van der Waals surface area contributed by atoms with Crippen LogP contribution in [0, 0.1) is 0 Å². The fourth-order valence-corrected chi connectivity index (χ4v) is 2.72. The van der Waals surface area contributed by atoms with Gasteiger partial charge in [-0.1, -0.05) is 12.8 Å². The van der Waals surface area contributed by atoms with Gasteiger partial charge in [-0.3, -0.25) is 4.79 Å². The number of ether oxygens (including phenoxy) is 1. The molecule has 6 heteroatoms. The van der Waals surface area contributed by atoms with Crippen LogP contribution in [0.2, 0.25) is 0 Å². The highest BCUT2D eigenvalue weighted by molar-refractivity contribution is 5.94. The van der Waals surface area contributed by atoms with Gasteiger partial charge in [0.25, 0.3) is 5.91 Å². The predicted molar refractivity (Wildman–Crippen MR) is 73.5 cm³/mol. The zero-order valence-corrected chi connectivity index (χ0v) is 11.7. The first kappa shape index (κ1) is 15.7. The number of rotatable bonds is 6. The quantitative estimate of drug-likeness (QED) is 0.878. The fraction of sp³-hybridized carbons (Fsp3) is 0.533. The van der Waals surface area contributed by atoms with Crippen LogP contribution >= 0.6 is 0 Å². The lowest BCUT2D eigenvalue weighted by atomic mass is 10.1. The van der Waals surface area contributed by atoms with Crippen LogP contribution in [0.4, 0.5) is 8.78 Å². The molecule has 2 rings (SSSR count). The van der Waals surface area contributed by atoms with E-state index in [0.29, 0.717) is 12.1 Å². The third-order valence-electron chi connectivity index (χ3n) is 3.69. The van der Waals surface area contributed by atoms with Crippen molar-refractivity contribution in [1.82, 2.24) is 4.90 Å². The zero-order valence-electron chi connectivity index (χ0n) is 11.7. The third-order valence-corrected chi connectivity index (χ3v) is 3.69. The summed E-state index contributed by atoms with van der Waals surface area (Å²) in [7, 11) is 0. The Hall–Kier alpha value is -1.69. The zero-order chi connectivity index (χ0) is 15.2. The Balaban J connectivity index is 2.08. The second-order valence-corrected chi connectivity index (χ2v) is 5.06. The van der Waals surface area contributed by atoms with E-state index in [0.717, 1.165) is 25.7 Å². The molecular weight excluding hydrogens is 280 g/mol. The lowest BCUT2D eigenvalue weighted by Gasteiger charge is -2.28. The first-order chi connectivity index (χ1) is 10.1. The summed E-state index contributed by atoms with van der Waals surface area (Å²) in [5, 5.41) is 9.14. The lowest BCUT2D eigenvalue weighted by molar-refractivity contribution is -0.0498. The van der Waals surface area contributed by atoms with Crippen LogP contribution < -0.4 is 4.74 Å². The molecule has 0 aliphatic heterocycles. The summed E-state index contributed by atoms with van der Waals surface area (Å²) < 4.78 is 28.4. The van der Waals surface area contributed by atoms with Crippen molar-refractivity contribution in [2.75, 3.05) is 13.2 Å². The summed E-state index contributed by atoms with van der Waals surface area (Å²) in [5.41, 5.74) is 0.414. The van der Waals surface area contributed by atoms with Gasteiger partial charge in [-0.2, -0.15) is 8.78 Å². The minimum atomic E-state index is -2.88. The number of carbonyl (C=O) groups is 1. The van der Waals surface area contributed by atoms with Gasteiger partial charge in [0.15, 0.2) is 0 Å². The van der Waals surface area contributed by atoms with Crippen molar-refractivity contribution in [3.8, 4) is 5.75 Å². The topological polar surface area (TPSA) is 49.8 Å². The Morgan fingerprint density at radius 3 is 2.43 bits per heavy atom. The van der Waals surface area contributed by atoms with Gasteiger partial charge in [0.1, 0.15) is 5.75 Å². The average Bonchev–Trinajstić information content (AvgIpc) is 2.98. The van der Waals surface area contributed by atoms with Crippen molar-refractivity contribution in [3.63, 3.8) is 0 Å². The molecule has 1 N–H and O–H groups in total. The van der Waals surface area contributed by atoms with Crippen molar-refractivity contribution >= 4 is 5.91 Å². The largest absolute Gasteiger partial charge is 0.435 e. The van der Waals surface area contributed by atoms with Gasteiger partial charge in [0, 0.05) is 18.2 Å². The van der Waals surface area contributed by atoms with E-state index in [4.69, 9.17) is 5.11 Å². The second-order valence-electron chi connectivity index (χ2n) is 5.06. The molecule has 4 nitrogen and oxygen atoms in total. The summed E-state index contributed by atoms with van der Waals surface area (Å²) in [6, 6.07) is 5.80. The SMILES string of the molecule is O=C(c1ccc(OC(F)F)cc1)N(CCO)C1CCCC1. The van der Waals surface area contributed by atoms with Gasteiger partial charge in [-0.25, -0.2) is 0 Å². The van der Waals surface area contributed by atoms with Gasteiger partial charge in [0.2, 0.25) is 0 Å². The number of hydrogen-bond donors (Lipinski definition) is 1. The molecule has 116 valence electrons. The standard InChI is InChI=1S/C15H19F2NO3/c16-15(17)21-13-7-5-11(6-8-13)14(20)18(9-10-19)12-3-1-2-4-12/h5-8,12,15,19H,1-4,9-10H2. The molecule has 0 bridgehead atoms. The Kier molecular flexibility index (Phi) is 5.50. The summed E-state index contributed by atoms with van der Waals surface area (Å²) in [5.74, 6) is -0.157. The molecule has 1 aromatic carbocycles. The molecule has 0 aromatic heterocycles. The lowest BCUT2D eigenvalue weighted by Crippen LogP contribution is -2.40. The number of aliphatic hydroxyl groups excluding tert-OH is 1. The van der Waals surface area contributed by atoms with Crippen molar-refractivity contribution in [2.45, 2.75) is 38.3 Å². The van der Waals surface area contributed by atoms with E-state index >= 15 is 0 Å². The molecule has 1 aliphatic rings. The number of nitrogens with zero attached hydrogens (tertiary/aromatic N) is 1. The Labute approximate surface area is 122 Å². The summed E-state index contributed by atoms with van der Waals surface area (Å²) in [6.45, 7) is -2.68. The van der Waals surface area contributed by atoms with Gasteiger partial charge in [-0.05, 0) is 37.1 Å². The molecule has 0 saturated heterocycles. The number of aliphatic hydroxyl groups is 1. The molecule has 0 heterocycles. The van der Waals surface area contributed by atoms with Crippen LogP contribution in [0.25, 0.3) is 0 Å². The van der Waals surface area contributed by atoms with Crippen LogP contribution in [0.15, 0.2) is 24.3 Å². The first-order valence-electron chi connectivity index (χ1n) is 7.08. The van der Waals surface area contributed by atoms with Crippen molar-refractivity contribution in [3.05, 3.63) is 29.8 Å². The minimum absolute atomic E-state index is 0.0242. The molecule has 0 unspecified atom stereocenters. The van der Waals surface area contributed by atoms with Gasteiger partial charge in [0.05, 0.1) is 6.61 Å². The molecule has 1 amide bonds. The first-order valence-corrected chi connectivity index (χ1v) is 7.08. The number of carbonyl (C=O) groups excluding carboxylic acids is 1. The fourth-order valence-electron chi connectivity index (χ4n) is 2.72. The smallest absolute Gasteiger partial charge is 0.387 e. The van der Waals surface area contributed by atoms with Gasteiger partial charge < -0.3 is 14.7 Å². The van der Waals surface area contributed by atoms with E-state index in [-0.39, 0.29) is 24.3 Å². The Morgan fingerprint density at radius 1 is 1.29 bits per heavy atom. The van der Waals surface area contributed by atoms with Gasteiger partial charge in [-0.15, -0.1) is 0 Å². The molecule has 1 aromatic rings. The molecular formula is C15H19F2NO3. The highest BCUT2D eigenvalue weighted by Crippen LogP contribution is 2.25. The number of hydrogen-bond acceptors (Lipinski definition) is 3. The van der Waals surface area contributed by atoms with Crippen molar-refractivity contribution in [2.24, 2.45) is 0 Å². The van der Waals surface area contributed by atoms with Crippen molar-refractivity contribution < 1.29 is 23.4 Å². The normalized spacial score (nSPS) is 15.4. The van der Waals surface area contributed by atoms with E-state index in [1.165, 1.54) is 24.3 Å². The molecule has 1 saturated carbocycles. The van der Waals surface area contributed by atoms with Crippen molar-refractivity contribution in [1.29, 1.82) is 0 Å². The molecule has 1 fully saturated rings. The van der Waals surface area contributed by atoms with E-state index in [1.807, 2.05) is 0 Å². The molecule has 0 atom stereocenters. The van der Waals surface area contributed by atoms with Crippen LogP contribution in [-0.2, 0) is 0 Å². The minimum Gasteiger partial charge on any atom is -0.435 e. The molecule has 0 spiro atoms. The Morgan fingerprint density at radius 2 is 1.90 bits per heavy atom. The Bertz CT molecular complexity index is 458. The van der Waals surface area contributed by atoms with E-state index in [9.17, 15) is 13.6 Å². The maximum atomic E-state index is 12.5. The predicted octanol–water partition coefficient (Wildman–Crippen LogP) is 2.67. The van der Waals surface area contributed by atoms with Gasteiger partial charge >= 0.3 is 6.61 Å². The number of alkyl halides is 2. The van der Waals surface area contributed by atoms with E-state index in [2.05, 4.69) is 4.74 Å². The van der Waals surface area contributed by atoms with E-state index in [1.54, 1.807) is 4.90 Å². The highest BCUT2D eigenvalue weighted by atomic mass is 19.3. The number of amides is 1. The summed E-state index contributed by atoms with van der Waals surface area (Å²) >= 11 is 0. The third kappa shape index (κ3) is 4.14.